The molecule has 12 heavy (non-hydrogen) atoms. The molecule has 1 aliphatic carbocycles. The number of nitrogens with zero attached hydrogens (tertiary/aromatic N) is 1. The summed E-state index contributed by atoms with van der Waals surface area (Å²) in [7, 11) is 0. The third-order valence-electron chi connectivity index (χ3n) is 2.78. The number of likely N-dealkylation sites (tertiary alicyclic amines) is 1. The van der Waals surface area contributed by atoms with Gasteiger partial charge in [0.15, 0.2) is 0 Å². The van der Waals surface area contributed by atoms with Crippen molar-refractivity contribution in [1.82, 2.24) is 4.90 Å². The van der Waals surface area contributed by atoms with E-state index in [9.17, 15) is 9.18 Å². The number of carbonyl (C=O) groups is 1. The number of amides is 1. The Bertz CT molecular complexity index is 219. The normalized spacial score (nSPS) is 37.4. The topological polar surface area (TPSA) is 20.3 Å². The summed E-state index contributed by atoms with van der Waals surface area (Å²) in [5.74, 6) is 0.905. The minimum atomic E-state index is -1.12. The third kappa shape index (κ3) is 1.21. The van der Waals surface area contributed by atoms with Crippen LogP contribution in [-0.2, 0) is 4.79 Å². The molecule has 0 aromatic carbocycles. The summed E-state index contributed by atoms with van der Waals surface area (Å²) in [6, 6.07) is 0. The van der Waals surface area contributed by atoms with Crippen LogP contribution >= 0.6 is 0 Å². The van der Waals surface area contributed by atoms with Crippen molar-refractivity contribution in [2.75, 3.05) is 13.1 Å². The first-order chi connectivity index (χ1) is 5.49. The van der Waals surface area contributed by atoms with Gasteiger partial charge in [0.05, 0.1) is 13.1 Å². The fraction of sp³-hybridized carbons (Fsp3) is 0.889. The Kier molecular flexibility index (Phi) is 1.48. The Hall–Kier alpha value is -0.600. The summed E-state index contributed by atoms with van der Waals surface area (Å²) in [6.07, 6.45) is 0.998. The van der Waals surface area contributed by atoms with Crippen molar-refractivity contribution in [2.24, 2.45) is 11.8 Å². The summed E-state index contributed by atoms with van der Waals surface area (Å²) in [5.41, 5.74) is -1.12. The molecule has 0 aromatic heterocycles. The highest BCUT2D eigenvalue weighted by atomic mass is 19.1. The average molecular weight is 171 g/mol. The van der Waals surface area contributed by atoms with Crippen LogP contribution in [0.25, 0.3) is 0 Å². The van der Waals surface area contributed by atoms with Crippen molar-refractivity contribution in [3.8, 4) is 0 Å². The average Bonchev–Trinajstić information content (AvgIpc) is 2.60. The number of halogens is 1. The van der Waals surface area contributed by atoms with Gasteiger partial charge < -0.3 is 4.90 Å². The number of hydrogen-bond acceptors (Lipinski definition) is 1. The molecule has 1 saturated heterocycles. The van der Waals surface area contributed by atoms with Gasteiger partial charge in [-0.3, -0.25) is 4.79 Å². The van der Waals surface area contributed by atoms with E-state index in [1.54, 1.807) is 11.8 Å². The Morgan fingerprint density at radius 1 is 1.58 bits per heavy atom. The lowest BCUT2D eigenvalue weighted by Crippen LogP contribution is -2.59. The second-order valence-corrected chi connectivity index (χ2v) is 4.43. The molecular formula is C9H14FNO. The van der Waals surface area contributed by atoms with Gasteiger partial charge in [-0.1, -0.05) is 6.92 Å². The summed E-state index contributed by atoms with van der Waals surface area (Å²) in [5, 5.41) is 0. The lowest BCUT2D eigenvalue weighted by molar-refractivity contribution is -0.145. The molecule has 0 radical (unpaired) electrons. The maximum Gasteiger partial charge on any atom is 0.226 e. The predicted octanol–water partition coefficient (Wildman–Crippen LogP) is 1.21. The Morgan fingerprint density at radius 2 is 2.08 bits per heavy atom. The van der Waals surface area contributed by atoms with E-state index in [4.69, 9.17) is 0 Å². The van der Waals surface area contributed by atoms with E-state index in [-0.39, 0.29) is 11.8 Å². The molecule has 2 fully saturated rings. The molecule has 2 nitrogen and oxygen atoms in total. The van der Waals surface area contributed by atoms with Gasteiger partial charge in [-0.2, -0.15) is 0 Å². The van der Waals surface area contributed by atoms with E-state index in [1.165, 1.54) is 0 Å². The molecular weight excluding hydrogens is 157 g/mol. The quantitative estimate of drug-likeness (QED) is 0.580. The number of rotatable bonds is 1. The van der Waals surface area contributed by atoms with Gasteiger partial charge in [0.1, 0.15) is 5.67 Å². The summed E-state index contributed by atoms with van der Waals surface area (Å²) < 4.78 is 13.0. The fourth-order valence-electron chi connectivity index (χ4n) is 1.81. The van der Waals surface area contributed by atoms with Crippen LogP contribution in [0.4, 0.5) is 4.39 Å². The minimum absolute atomic E-state index is 0.164. The van der Waals surface area contributed by atoms with Gasteiger partial charge >= 0.3 is 0 Å². The van der Waals surface area contributed by atoms with E-state index in [0.717, 1.165) is 6.42 Å². The standard InChI is InChI=1S/C9H14FNO/c1-6-3-7(6)8(12)11-4-9(2,10)5-11/h6-7H,3-5H2,1-2H3/t6-,7-/m1/s1. The van der Waals surface area contributed by atoms with Crippen LogP contribution in [0.2, 0.25) is 0 Å². The van der Waals surface area contributed by atoms with Gasteiger partial charge in [0.25, 0.3) is 0 Å². The molecule has 0 spiro atoms. The molecule has 0 N–H and O–H groups in total. The minimum Gasteiger partial charge on any atom is -0.336 e. The zero-order chi connectivity index (χ0) is 8.93. The molecule has 1 saturated carbocycles. The fourth-order valence-corrected chi connectivity index (χ4v) is 1.81. The summed E-state index contributed by atoms with van der Waals surface area (Å²) >= 11 is 0. The van der Waals surface area contributed by atoms with Crippen LogP contribution < -0.4 is 0 Å². The van der Waals surface area contributed by atoms with Crippen LogP contribution in [0.1, 0.15) is 20.3 Å². The Balaban J connectivity index is 1.85. The lowest BCUT2D eigenvalue weighted by Gasteiger charge is -2.42. The second kappa shape index (κ2) is 2.21. The first kappa shape index (κ1) is 8.02. The van der Waals surface area contributed by atoms with Crippen molar-refractivity contribution in [1.29, 1.82) is 0 Å². The zero-order valence-corrected chi connectivity index (χ0v) is 7.51. The van der Waals surface area contributed by atoms with Crippen LogP contribution in [0.5, 0.6) is 0 Å². The molecule has 0 aromatic rings. The smallest absolute Gasteiger partial charge is 0.226 e. The zero-order valence-electron chi connectivity index (χ0n) is 7.51. The maximum absolute atomic E-state index is 13.0. The van der Waals surface area contributed by atoms with Crippen molar-refractivity contribution in [3.05, 3.63) is 0 Å². The van der Waals surface area contributed by atoms with Gasteiger partial charge in [-0.25, -0.2) is 4.39 Å². The summed E-state index contributed by atoms with van der Waals surface area (Å²) in [6.45, 7) is 4.22. The largest absolute Gasteiger partial charge is 0.336 e. The molecule has 2 aliphatic rings. The molecule has 0 unspecified atom stereocenters. The lowest BCUT2D eigenvalue weighted by atomic mass is 9.98. The van der Waals surface area contributed by atoms with Crippen LogP contribution in [-0.4, -0.2) is 29.6 Å². The second-order valence-electron chi connectivity index (χ2n) is 4.43. The van der Waals surface area contributed by atoms with Gasteiger partial charge in [-0.15, -0.1) is 0 Å². The van der Waals surface area contributed by atoms with Gasteiger partial charge in [0, 0.05) is 5.92 Å². The van der Waals surface area contributed by atoms with E-state index in [1.807, 2.05) is 0 Å². The van der Waals surface area contributed by atoms with Crippen molar-refractivity contribution < 1.29 is 9.18 Å². The van der Waals surface area contributed by atoms with Crippen LogP contribution in [0.3, 0.4) is 0 Å². The van der Waals surface area contributed by atoms with Crippen molar-refractivity contribution >= 4 is 5.91 Å². The molecule has 1 amide bonds. The first-order valence-corrected chi connectivity index (χ1v) is 4.47. The molecule has 2 rings (SSSR count). The van der Waals surface area contributed by atoms with E-state index in [0.29, 0.717) is 19.0 Å². The first-order valence-electron chi connectivity index (χ1n) is 4.47. The molecule has 1 heterocycles. The van der Waals surface area contributed by atoms with E-state index in [2.05, 4.69) is 6.92 Å². The third-order valence-corrected chi connectivity index (χ3v) is 2.78. The maximum atomic E-state index is 13.0. The molecule has 2 atom stereocenters. The number of alkyl halides is 1. The monoisotopic (exact) mass is 171 g/mol. The summed E-state index contributed by atoms with van der Waals surface area (Å²) in [4.78, 5) is 13.1. The molecule has 1 aliphatic heterocycles. The van der Waals surface area contributed by atoms with Crippen molar-refractivity contribution in [2.45, 2.75) is 25.9 Å². The molecule has 68 valence electrons. The van der Waals surface area contributed by atoms with Gasteiger partial charge in [-0.05, 0) is 19.3 Å². The highest BCUT2D eigenvalue weighted by molar-refractivity contribution is 5.82. The van der Waals surface area contributed by atoms with Crippen molar-refractivity contribution in [3.63, 3.8) is 0 Å². The Morgan fingerprint density at radius 3 is 2.42 bits per heavy atom. The van der Waals surface area contributed by atoms with Crippen LogP contribution in [0.15, 0.2) is 0 Å². The number of hydrogen-bond donors (Lipinski definition) is 0. The van der Waals surface area contributed by atoms with Gasteiger partial charge in [0.2, 0.25) is 5.91 Å². The Labute approximate surface area is 71.7 Å². The SMILES string of the molecule is C[C@@H]1C[C@H]1C(=O)N1CC(C)(F)C1. The van der Waals surface area contributed by atoms with Crippen LogP contribution in [0, 0.1) is 11.8 Å². The molecule has 3 heteroatoms. The van der Waals surface area contributed by atoms with E-state index >= 15 is 0 Å². The highest BCUT2D eigenvalue weighted by Gasteiger charge is 2.48. The predicted molar refractivity (Wildman–Crippen MR) is 43.4 cm³/mol. The highest BCUT2D eigenvalue weighted by Crippen LogP contribution is 2.41. The number of carbonyl (C=O) groups excluding carboxylic acids is 1. The molecule has 0 bridgehead atoms. The van der Waals surface area contributed by atoms with E-state index < -0.39 is 5.67 Å².